The molecular weight excluding hydrogens is 677 g/mol. The van der Waals surface area contributed by atoms with Gasteiger partial charge in [0, 0.05) is 32.9 Å². The minimum absolute atomic E-state index is 1.13. The fraction of sp³-hybridized carbons (Fsp3) is 0. The van der Waals surface area contributed by atoms with Gasteiger partial charge in [0.25, 0.3) is 0 Å². The molecule has 2 heteroatoms. The maximum absolute atomic E-state index is 2.45. The molecule has 0 radical (unpaired) electrons. The van der Waals surface area contributed by atoms with Gasteiger partial charge in [0.1, 0.15) is 0 Å². The summed E-state index contributed by atoms with van der Waals surface area (Å²) in [5.41, 5.74) is 16.8. The number of fused-ring (bicyclic) bond motifs is 6. The van der Waals surface area contributed by atoms with E-state index in [1.807, 2.05) is 0 Å². The van der Waals surface area contributed by atoms with E-state index in [4.69, 9.17) is 0 Å². The zero-order chi connectivity index (χ0) is 37.0. The van der Waals surface area contributed by atoms with Crippen molar-refractivity contribution in [3.8, 4) is 55.9 Å². The fourth-order valence-electron chi connectivity index (χ4n) is 8.82. The summed E-state index contributed by atoms with van der Waals surface area (Å²) < 4.78 is 4.83. The van der Waals surface area contributed by atoms with E-state index in [9.17, 15) is 0 Å². The van der Waals surface area contributed by atoms with E-state index in [-0.39, 0.29) is 0 Å². The molecule has 0 saturated carbocycles. The van der Waals surface area contributed by atoms with Gasteiger partial charge in [-0.2, -0.15) is 0 Å². The van der Waals surface area contributed by atoms with Crippen LogP contribution in [0.2, 0.25) is 0 Å². The van der Waals surface area contributed by atoms with Crippen LogP contribution in [0.5, 0.6) is 0 Å². The van der Waals surface area contributed by atoms with E-state index in [0.717, 1.165) is 5.69 Å². The summed E-state index contributed by atoms with van der Waals surface area (Å²) in [6.45, 7) is 0. The maximum Gasteiger partial charge on any atom is 0.0547 e. The van der Waals surface area contributed by atoms with Gasteiger partial charge in [0.05, 0.1) is 22.1 Å². The zero-order valence-electron chi connectivity index (χ0n) is 30.7. The lowest BCUT2D eigenvalue weighted by Crippen LogP contribution is -1.96. The summed E-state index contributed by atoms with van der Waals surface area (Å²) in [5.74, 6) is 0. The van der Waals surface area contributed by atoms with Crippen molar-refractivity contribution in [1.82, 2.24) is 9.13 Å². The van der Waals surface area contributed by atoms with Crippen molar-refractivity contribution < 1.29 is 0 Å². The van der Waals surface area contributed by atoms with Crippen molar-refractivity contribution in [2.45, 2.75) is 0 Å². The van der Waals surface area contributed by atoms with E-state index in [1.54, 1.807) is 0 Å². The normalized spacial score (nSPS) is 11.6. The van der Waals surface area contributed by atoms with Crippen molar-refractivity contribution in [2.24, 2.45) is 0 Å². The van der Waals surface area contributed by atoms with Crippen molar-refractivity contribution in [1.29, 1.82) is 0 Å². The first-order valence-electron chi connectivity index (χ1n) is 19.3. The van der Waals surface area contributed by atoms with Crippen LogP contribution in [0.3, 0.4) is 0 Å². The molecule has 0 aliphatic rings. The van der Waals surface area contributed by atoms with Crippen LogP contribution in [-0.4, -0.2) is 9.13 Å². The van der Waals surface area contributed by atoms with E-state index in [0.29, 0.717) is 0 Å². The Bertz CT molecular complexity index is 3170. The molecule has 0 saturated heterocycles. The predicted molar refractivity (Wildman–Crippen MR) is 237 cm³/mol. The minimum Gasteiger partial charge on any atom is -0.309 e. The third-order valence-corrected chi connectivity index (χ3v) is 11.3. The van der Waals surface area contributed by atoms with Gasteiger partial charge < -0.3 is 9.13 Å². The fourth-order valence-corrected chi connectivity index (χ4v) is 8.82. The second-order valence-electron chi connectivity index (χ2n) is 14.5. The summed E-state index contributed by atoms with van der Waals surface area (Å²) in [6.07, 6.45) is 0. The van der Waals surface area contributed by atoms with Gasteiger partial charge >= 0.3 is 0 Å². The van der Waals surface area contributed by atoms with Gasteiger partial charge in [-0.25, -0.2) is 0 Å². The number of para-hydroxylation sites is 3. The predicted octanol–water partition coefficient (Wildman–Crippen LogP) is 14.5. The van der Waals surface area contributed by atoms with Gasteiger partial charge in [0.2, 0.25) is 0 Å². The molecule has 56 heavy (non-hydrogen) atoms. The second-order valence-corrected chi connectivity index (χ2v) is 14.5. The monoisotopic (exact) mass is 712 g/mol. The molecule has 0 atom stereocenters. The third-order valence-electron chi connectivity index (χ3n) is 11.3. The number of nitrogens with zero attached hydrogens (tertiary/aromatic N) is 2. The van der Waals surface area contributed by atoms with E-state index < -0.39 is 0 Å². The summed E-state index contributed by atoms with van der Waals surface area (Å²) in [5, 5.41) is 4.99. The second kappa shape index (κ2) is 13.2. The van der Waals surface area contributed by atoms with Crippen molar-refractivity contribution in [3.05, 3.63) is 218 Å². The molecule has 0 aliphatic carbocycles. The van der Waals surface area contributed by atoms with Crippen LogP contribution in [0.1, 0.15) is 0 Å². The first kappa shape index (κ1) is 32.0. The Labute approximate surface area is 325 Å². The molecule has 0 bridgehead atoms. The number of hydrogen-bond acceptors (Lipinski definition) is 0. The van der Waals surface area contributed by atoms with Crippen LogP contribution in [0, 0.1) is 0 Å². The average molecular weight is 713 g/mol. The standard InChI is InChI=1S/C54H36N2/c1-4-16-37(17-5-1)44-26-15-27-45(38-18-6-2-7-19-38)54(44)41-20-14-23-43(34-41)56-50-28-12-10-24-46(50)48-32-30-40(36-53(48)56)39-31-33-52-49(35-39)47-25-11-13-29-51(47)55(52)42-21-8-3-9-22-42/h1-36H. The molecule has 11 aromatic rings. The van der Waals surface area contributed by atoms with Gasteiger partial charge in [-0.3, -0.25) is 0 Å². The Kier molecular flexibility index (Phi) is 7.53. The van der Waals surface area contributed by atoms with Gasteiger partial charge in [-0.15, -0.1) is 0 Å². The summed E-state index contributed by atoms with van der Waals surface area (Å²) in [4.78, 5) is 0. The molecule has 9 aromatic carbocycles. The minimum atomic E-state index is 1.13. The topological polar surface area (TPSA) is 9.86 Å². The Balaban J connectivity index is 1.11. The van der Waals surface area contributed by atoms with Crippen LogP contribution in [-0.2, 0) is 0 Å². The lowest BCUT2D eigenvalue weighted by atomic mass is 9.87. The van der Waals surface area contributed by atoms with Crippen molar-refractivity contribution in [2.75, 3.05) is 0 Å². The first-order chi connectivity index (χ1) is 27.8. The van der Waals surface area contributed by atoms with E-state index >= 15 is 0 Å². The van der Waals surface area contributed by atoms with E-state index in [1.165, 1.54) is 93.8 Å². The van der Waals surface area contributed by atoms with Gasteiger partial charge in [-0.1, -0.05) is 164 Å². The third kappa shape index (κ3) is 5.19. The summed E-state index contributed by atoms with van der Waals surface area (Å²) in [6, 6.07) is 79.4. The summed E-state index contributed by atoms with van der Waals surface area (Å²) in [7, 11) is 0. The van der Waals surface area contributed by atoms with Crippen LogP contribution < -0.4 is 0 Å². The molecule has 0 unspecified atom stereocenters. The highest BCUT2D eigenvalue weighted by molar-refractivity contribution is 6.12. The largest absolute Gasteiger partial charge is 0.309 e. The highest BCUT2D eigenvalue weighted by Crippen LogP contribution is 2.42. The Hall–Kier alpha value is -7.42. The molecule has 0 amide bonds. The lowest BCUT2D eigenvalue weighted by Gasteiger charge is -2.18. The number of hydrogen-bond donors (Lipinski definition) is 0. The molecular formula is C54H36N2. The van der Waals surface area contributed by atoms with E-state index in [2.05, 4.69) is 228 Å². The van der Waals surface area contributed by atoms with Crippen LogP contribution in [0.15, 0.2) is 218 Å². The molecule has 2 aromatic heterocycles. The lowest BCUT2D eigenvalue weighted by molar-refractivity contribution is 1.18. The highest BCUT2D eigenvalue weighted by atomic mass is 15.0. The molecule has 0 fully saturated rings. The van der Waals surface area contributed by atoms with Crippen LogP contribution in [0.4, 0.5) is 0 Å². The zero-order valence-corrected chi connectivity index (χ0v) is 30.7. The number of benzene rings is 9. The molecule has 2 nitrogen and oxygen atoms in total. The van der Waals surface area contributed by atoms with Crippen LogP contribution in [0.25, 0.3) is 99.5 Å². The molecule has 0 N–H and O–H groups in total. The SMILES string of the molecule is c1ccc(-c2cccc(-c3ccccc3)c2-c2cccc(-n3c4ccccc4c4ccc(-c5ccc6c(c5)c5ccccc5n6-c5ccccc5)cc43)c2)cc1. The smallest absolute Gasteiger partial charge is 0.0547 e. The van der Waals surface area contributed by atoms with Crippen molar-refractivity contribution >= 4 is 43.6 Å². The van der Waals surface area contributed by atoms with Gasteiger partial charge in [-0.05, 0) is 99.1 Å². The van der Waals surface area contributed by atoms with Crippen LogP contribution >= 0.6 is 0 Å². The average Bonchev–Trinajstić information content (AvgIpc) is 3.79. The molecule has 262 valence electrons. The molecule has 2 heterocycles. The first-order valence-corrected chi connectivity index (χ1v) is 19.3. The maximum atomic E-state index is 2.45. The summed E-state index contributed by atoms with van der Waals surface area (Å²) >= 11 is 0. The highest BCUT2D eigenvalue weighted by Gasteiger charge is 2.18. The van der Waals surface area contributed by atoms with Gasteiger partial charge in [0.15, 0.2) is 0 Å². The quantitative estimate of drug-likeness (QED) is 0.162. The van der Waals surface area contributed by atoms with Crippen molar-refractivity contribution in [3.63, 3.8) is 0 Å². The number of rotatable bonds is 6. The Morgan fingerprint density at radius 3 is 1.38 bits per heavy atom. The molecule has 0 spiro atoms. The number of aromatic nitrogens is 2. The Morgan fingerprint density at radius 2 is 0.696 bits per heavy atom. The Morgan fingerprint density at radius 1 is 0.232 bits per heavy atom. The molecule has 11 rings (SSSR count). The molecule has 0 aliphatic heterocycles.